The van der Waals surface area contributed by atoms with Gasteiger partial charge in [-0.05, 0) is 73.5 Å². The summed E-state index contributed by atoms with van der Waals surface area (Å²) in [5.41, 5.74) is 2.07. The number of alkyl halides is 2. The Morgan fingerprint density at radius 1 is 0.717 bits per heavy atom. The lowest BCUT2D eigenvalue weighted by Crippen LogP contribution is -2.42. The third-order valence-electron chi connectivity index (χ3n) is 8.05. The summed E-state index contributed by atoms with van der Waals surface area (Å²) in [5.74, 6) is 0.962. The Bertz CT molecular complexity index is 2250. The Kier molecular flexibility index (Phi) is 21.9. The standard InChI is InChI=1S/C19H22N4O3S.C18H20N4O3S.CH2Cl2.BBr3/c1-3-20-19(22-27(24,25)17-11-9-16(26-2)10-12-17)23-18(13-14-21-23)15-7-5-4-6-8-15;1-2-19-18(21-26(24,25)16-10-8-15(23)9-11-16)22-17(12-13-20-22)14-6-4-3-5-7-14;2-1-3;2-1(3)4/h4-12,14,18H,3,13H2,1-2H3,(H,20,22);3-11,13,17,23H,2,12H2,1H3,(H,19,21);1H2;. The number of benzene rings is 4. The molecule has 0 amide bonds. The number of aromatic hydroxyl groups is 1. The van der Waals surface area contributed by atoms with Crippen molar-refractivity contribution in [1.29, 1.82) is 0 Å². The molecular formula is C38H44BBr3Cl2N8O6S2. The topological polar surface area (TPSA) is 178 Å². The number of nitrogens with one attached hydrogen (secondary N) is 2. The first kappa shape index (κ1) is 50.7. The summed E-state index contributed by atoms with van der Waals surface area (Å²) in [4.78, 5) is 8.81. The van der Waals surface area contributed by atoms with E-state index >= 15 is 0 Å². The van der Waals surface area contributed by atoms with Gasteiger partial charge in [-0.2, -0.15) is 10.2 Å². The number of nitrogens with zero attached hydrogens (tertiary/aromatic N) is 6. The summed E-state index contributed by atoms with van der Waals surface area (Å²) >= 11 is 18.8. The highest BCUT2D eigenvalue weighted by atomic mass is 79.9. The molecule has 0 aliphatic carbocycles. The zero-order valence-electron chi connectivity index (χ0n) is 32.7. The van der Waals surface area contributed by atoms with Crippen molar-refractivity contribution in [2.45, 2.75) is 48.6 Å². The molecule has 2 aliphatic heterocycles. The molecule has 6 rings (SSSR count). The molecule has 0 aromatic heterocycles. The fraction of sp³-hybridized carbons (Fsp3) is 0.263. The van der Waals surface area contributed by atoms with Crippen LogP contribution in [0, 0.1) is 0 Å². The fourth-order valence-corrected chi connectivity index (χ4v) is 7.50. The van der Waals surface area contributed by atoms with Gasteiger partial charge in [0.25, 0.3) is 20.0 Å². The van der Waals surface area contributed by atoms with E-state index in [9.17, 15) is 21.9 Å². The van der Waals surface area contributed by atoms with Crippen molar-refractivity contribution in [1.82, 2.24) is 19.5 Å². The molecule has 60 heavy (non-hydrogen) atoms. The second kappa shape index (κ2) is 26.0. The Hall–Kier alpha value is -3.66. The number of aliphatic imine (C=N–C) groups is 2. The van der Waals surface area contributed by atoms with E-state index in [1.807, 2.05) is 74.5 Å². The zero-order chi connectivity index (χ0) is 44.1. The van der Waals surface area contributed by atoms with Crippen LogP contribution >= 0.6 is 70.5 Å². The SMILES string of the molecule is BrB(Br)Br.CCN=C(NS(=O)(=O)c1ccc(O)cc1)N1N=CCC1c1ccccc1.CCN=C(NS(=O)(=O)c1ccc(OC)cc1)N1N=CCC1c1ccccc1.ClCCl. The van der Waals surface area contributed by atoms with Gasteiger partial charge in [-0.15, -0.1) is 70.5 Å². The molecule has 2 heterocycles. The Morgan fingerprint density at radius 2 is 1.07 bits per heavy atom. The third-order valence-corrected chi connectivity index (χ3v) is 10.7. The van der Waals surface area contributed by atoms with E-state index in [0.29, 0.717) is 31.7 Å². The smallest absolute Gasteiger partial charge is 0.369 e. The summed E-state index contributed by atoms with van der Waals surface area (Å²) in [6.45, 7) is 4.50. The molecule has 22 heteroatoms. The average molecular weight is 1090 g/mol. The van der Waals surface area contributed by atoms with E-state index < -0.39 is 20.0 Å². The number of halogens is 5. The van der Waals surface area contributed by atoms with E-state index in [-0.39, 0.29) is 48.1 Å². The average Bonchev–Trinajstić information content (AvgIpc) is 3.93. The molecule has 322 valence electrons. The maximum absolute atomic E-state index is 12.8. The molecule has 0 spiro atoms. The summed E-state index contributed by atoms with van der Waals surface area (Å²) in [7, 11) is -6.12. The minimum atomic E-state index is -3.85. The van der Waals surface area contributed by atoms with Crippen molar-refractivity contribution < 1.29 is 26.7 Å². The van der Waals surface area contributed by atoms with Crippen LogP contribution in [0.1, 0.15) is 49.9 Å². The largest absolute Gasteiger partial charge is 0.508 e. The van der Waals surface area contributed by atoms with Crippen LogP contribution in [-0.4, -0.2) is 85.0 Å². The maximum atomic E-state index is 12.8. The highest BCUT2D eigenvalue weighted by molar-refractivity contribution is 9.69. The predicted molar refractivity (Wildman–Crippen MR) is 255 cm³/mol. The van der Waals surface area contributed by atoms with Gasteiger partial charge in [0, 0.05) is 38.4 Å². The molecule has 0 fully saturated rings. The lowest BCUT2D eigenvalue weighted by atomic mass is 10.1. The van der Waals surface area contributed by atoms with Crippen molar-refractivity contribution >= 4 is 118 Å². The molecular weight excluding hydrogens is 1050 g/mol. The molecule has 0 saturated heterocycles. The van der Waals surface area contributed by atoms with Crippen LogP contribution in [0.15, 0.2) is 139 Å². The van der Waals surface area contributed by atoms with E-state index in [2.05, 4.69) is 76.9 Å². The van der Waals surface area contributed by atoms with Gasteiger partial charge in [0.2, 0.25) is 11.9 Å². The lowest BCUT2D eigenvalue weighted by molar-refractivity contribution is 0.361. The second-order valence-corrected chi connectivity index (χ2v) is 22.5. The number of methoxy groups -OCH3 is 1. The number of hydrazone groups is 2. The number of phenolic OH excluding ortho intramolecular Hbond substituents is 1. The van der Waals surface area contributed by atoms with Gasteiger partial charge in [0.1, 0.15) is 11.5 Å². The number of rotatable bonds is 9. The second-order valence-electron chi connectivity index (χ2n) is 11.9. The van der Waals surface area contributed by atoms with Gasteiger partial charge in [0.15, 0.2) is 0 Å². The molecule has 0 radical (unpaired) electrons. The fourth-order valence-electron chi connectivity index (χ4n) is 5.48. The van der Waals surface area contributed by atoms with E-state index in [4.69, 9.17) is 27.9 Å². The minimum absolute atomic E-state index is 0.000293. The van der Waals surface area contributed by atoms with Crippen LogP contribution in [0.4, 0.5) is 0 Å². The van der Waals surface area contributed by atoms with Crippen LogP contribution in [0.3, 0.4) is 0 Å². The molecule has 0 saturated carbocycles. The Morgan fingerprint density at radius 3 is 1.40 bits per heavy atom. The maximum Gasteiger partial charge on any atom is 0.369 e. The molecule has 0 bridgehead atoms. The van der Waals surface area contributed by atoms with Gasteiger partial charge in [-0.3, -0.25) is 9.98 Å². The highest BCUT2D eigenvalue weighted by Gasteiger charge is 2.31. The first-order chi connectivity index (χ1) is 28.7. The van der Waals surface area contributed by atoms with Crippen LogP contribution in [0.2, 0.25) is 0 Å². The number of sulfonamides is 2. The predicted octanol–water partition coefficient (Wildman–Crippen LogP) is 8.84. The van der Waals surface area contributed by atoms with Crippen molar-refractivity contribution in [3.63, 3.8) is 0 Å². The number of phenols is 1. The highest BCUT2D eigenvalue weighted by Crippen LogP contribution is 2.30. The van der Waals surface area contributed by atoms with Crippen LogP contribution in [0.5, 0.6) is 11.5 Å². The number of ether oxygens (including phenoxy) is 1. The molecule has 3 N–H and O–H groups in total. The first-order valence-electron chi connectivity index (χ1n) is 18.1. The van der Waals surface area contributed by atoms with Crippen molar-refractivity contribution in [2.75, 3.05) is 25.5 Å². The molecule has 4 aromatic carbocycles. The van der Waals surface area contributed by atoms with Crippen molar-refractivity contribution in [3.8, 4) is 11.5 Å². The molecule has 2 atom stereocenters. The monoisotopic (exact) mass is 1090 g/mol. The van der Waals surface area contributed by atoms with Crippen molar-refractivity contribution in [2.24, 2.45) is 20.2 Å². The summed E-state index contributed by atoms with van der Waals surface area (Å²) < 4.78 is 61.4. The van der Waals surface area contributed by atoms with E-state index in [0.717, 1.165) is 11.1 Å². The van der Waals surface area contributed by atoms with Gasteiger partial charge < -0.3 is 9.84 Å². The summed E-state index contributed by atoms with van der Waals surface area (Å²) in [6.07, 6.45) is 4.85. The summed E-state index contributed by atoms with van der Waals surface area (Å²) in [6, 6.07) is 30.9. The molecule has 2 aliphatic rings. The van der Waals surface area contributed by atoms with Crippen LogP contribution < -0.4 is 14.2 Å². The molecule has 14 nitrogen and oxygen atoms in total. The summed E-state index contributed by atoms with van der Waals surface area (Å²) in [5, 5.41) is 21.4. The molecule has 2 unspecified atom stereocenters. The normalized spacial score (nSPS) is 16.1. The Balaban J connectivity index is 0.000000278. The number of hydrogen-bond donors (Lipinski definition) is 3. The van der Waals surface area contributed by atoms with Gasteiger partial charge >= 0.3 is 3.18 Å². The third kappa shape index (κ3) is 16.0. The van der Waals surface area contributed by atoms with E-state index in [1.165, 1.54) is 43.5 Å². The number of guanidine groups is 2. The Labute approximate surface area is 387 Å². The van der Waals surface area contributed by atoms with Crippen LogP contribution in [0.25, 0.3) is 0 Å². The first-order valence-corrected chi connectivity index (χ1v) is 24.8. The lowest BCUT2D eigenvalue weighted by Gasteiger charge is -2.25. The van der Waals surface area contributed by atoms with E-state index in [1.54, 1.807) is 34.6 Å². The van der Waals surface area contributed by atoms with Crippen molar-refractivity contribution in [3.05, 3.63) is 120 Å². The number of hydrogen-bond acceptors (Lipinski definition) is 10. The zero-order valence-corrected chi connectivity index (χ0v) is 40.6. The molecule has 4 aromatic rings. The van der Waals surface area contributed by atoms with Crippen LogP contribution in [-0.2, 0) is 20.0 Å². The van der Waals surface area contributed by atoms with Gasteiger partial charge in [0.05, 0.1) is 34.3 Å². The minimum Gasteiger partial charge on any atom is -0.508 e. The van der Waals surface area contributed by atoms with Gasteiger partial charge in [-0.1, -0.05) is 60.7 Å². The quantitative estimate of drug-likeness (QED) is 0.0645. The van der Waals surface area contributed by atoms with Gasteiger partial charge in [-0.25, -0.2) is 36.3 Å².